The number of pyridine rings is 1. The second-order valence-electron chi connectivity index (χ2n) is 4.81. The van der Waals surface area contributed by atoms with Crippen LogP contribution in [-0.4, -0.2) is 9.38 Å². The summed E-state index contributed by atoms with van der Waals surface area (Å²) in [5, 5.41) is 0. The van der Waals surface area contributed by atoms with Crippen molar-refractivity contribution in [3.63, 3.8) is 0 Å². The lowest BCUT2D eigenvalue weighted by molar-refractivity contribution is -0.137. The molecular formula is C15H11F3N2O. The third-order valence-electron chi connectivity index (χ3n) is 3.19. The summed E-state index contributed by atoms with van der Waals surface area (Å²) in [5.74, 6) is 0. The number of hydrogen-bond acceptors (Lipinski definition) is 1. The van der Waals surface area contributed by atoms with E-state index in [2.05, 4.69) is 4.98 Å². The lowest BCUT2D eigenvalue weighted by atomic mass is 10.1. The van der Waals surface area contributed by atoms with Gasteiger partial charge in [0.2, 0.25) is 0 Å². The van der Waals surface area contributed by atoms with Crippen molar-refractivity contribution in [1.82, 2.24) is 9.38 Å². The van der Waals surface area contributed by atoms with Crippen LogP contribution in [0.15, 0.2) is 53.6 Å². The van der Waals surface area contributed by atoms with Crippen LogP contribution in [0.5, 0.6) is 0 Å². The number of aromatic nitrogens is 2. The van der Waals surface area contributed by atoms with Gasteiger partial charge >= 0.3 is 6.18 Å². The zero-order valence-electron chi connectivity index (χ0n) is 10.8. The molecule has 1 N–H and O–H groups in total. The number of aromatic amines is 1. The van der Waals surface area contributed by atoms with Crippen molar-refractivity contribution in [3.8, 4) is 0 Å². The SMILES string of the molecule is O=c1ccn2cc(Cc3cccc(C(F)(F)F)c3)[nH]c2c1. The Kier molecular flexibility index (Phi) is 3.08. The molecule has 0 saturated carbocycles. The molecule has 6 heteroatoms. The van der Waals surface area contributed by atoms with E-state index in [9.17, 15) is 18.0 Å². The predicted molar refractivity (Wildman–Crippen MR) is 72.3 cm³/mol. The molecule has 0 unspecified atom stereocenters. The molecule has 21 heavy (non-hydrogen) atoms. The normalized spacial score (nSPS) is 12.0. The highest BCUT2D eigenvalue weighted by Crippen LogP contribution is 2.29. The van der Waals surface area contributed by atoms with E-state index in [1.54, 1.807) is 22.9 Å². The van der Waals surface area contributed by atoms with Crippen molar-refractivity contribution in [2.75, 3.05) is 0 Å². The van der Waals surface area contributed by atoms with Gasteiger partial charge in [0.15, 0.2) is 5.43 Å². The molecule has 0 radical (unpaired) electrons. The summed E-state index contributed by atoms with van der Waals surface area (Å²) >= 11 is 0. The fourth-order valence-electron chi connectivity index (χ4n) is 2.24. The van der Waals surface area contributed by atoms with Crippen molar-refractivity contribution in [1.29, 1.82) is 0 Å². The summed E-state index contributed by atoms with van der Waals surface area (Å²) in [6.07, 6.45) is -0.638. The average Bonchev–Trinajstić information content (AvgIpc) is 2.79. The third kappa shape index (κ3) is 2.84. The van der Waals surface area contributed by atoms with Gasteiger partial charge in [0, 0.05) is 36.6 Å². The highest BCUT2D eigenvalue weighted by atomic mass is 19.4. The molecule has 108 valence electrons. The van der Waals surface area contributed by atoms with Crippen molar-refractivity contribution < 1.29 is 13.2 Å². The first-order valence-electron chi connectivity index (χ1n) is 6.28. The van der Waals surface area contributed by atoms with E-state index in [1.807, 2.05) is 0 Å². The Balaban J connectivity index is 1.93. The van der Waals surface area contributed by atoms with E-state index in [-0.39, 0.29) is 5.43 Å². The largest absolute Gasteiger partial charge is 0.416 e. The van der Waals surface area contributed by atoms with Gasteiger partial charge in [0.25, 0.3) is 0 Å². The number of alkyl halides is 3. The number of H-pyrrole nitrogens is 1. The molecule has 0 aliphatic rings. The van der Waals surface area contributed by atoms with E-state index in [1.165, 1.54) is 18.2 Å². The lowest BCUT2D eigenvalue weighted by Crippen LogP contribution is -2.05. The van der Waals surface area contributed by atoms with Gasteiger partial charge in [0.05, 0.1) is 5.56 Å². The molecule has 0 amide bonds. The van der Waals surface area contributed by atoms with Gasteiger partial charge in [-0.05, 0) is 11.6 Å². The smallest absolute Gasteiger partial charge is 0.343 e. The highest BCUT2D eigenvalue weighted by molar-refractivity contribution is 5.40. The topological polar surface area (TPSA) is 37.3 Å². The second kappa shape index (κ2) is 4.80. The molecule has 0 atom stereocenters. The number of imidazole rings is 1. The van der Waals surface area contributed by atoms with Crippen LogP contribution < -0.4 is 5.43 Å². The van der Waals surface area contributed by atoms with Gasteiger partial charge in [-0.3, -0.25) is 4.79 Å². The molecule has 0 spiro atoms. The highest BCUT2D eigenvalue weighted by Gasteiger charge is 2.30. The fraction of sp³-hybridized carbons (Fsp3) is 0.133. The van der Waals surface area contributed by atoms with Crippen molar-refractivity contribution >= 4 is 5.65 Å². The Morgan fingerprint density at radius 1 is 1.14 bits per heavy atom. The predicted octanol–water partition coefficient (Wildman–Crippen LogP) is 3.24. The molecule has 3 nitrogen and oxygen atoms in total. The summed E-state index contributed by atoms with van der Waals surface area (Å²) in [5.41, 5.74) is 1.12. The van der Waals surface area contributed by atoms with Crippen LogP contribution in [0, 0.1) is 0 Å². The number of benzene rings is 1. The van der Waals surface area contributed by atoms with E-state index < -0.39 is 11.7 Å². The van der Waals surface area contributed by atoms with Gasteiger partial charge in [-0.2, -0.15) is 13.2 Å². The summed E-state index contributed by atoms with van der Waals surface area (Å²) in [4.78, 5) is 14.3. The summed E-state index contributed by atoms with van der Waals surface area (Å²) in [7, 11) is 0. The van der Waals surface area contributed by atoms with Crippen LogP contribution in [-0.2, 0) is 12.6 Å². The summed E-state index contributed by atoms with van der Waals surface area (Å²) in [6.45, 7) is 0. The molecular weight excluding hydrogens is 281 g/mol. The van der Waals surface area contributed by atoms with Gasteiger partial charge in [-0.15, -0.1) is 0 Å². The first kappa shape index (κ1) is 13.5. The molecule has 0 aliphatic heterocycles. The number of rotatable bonds is 2. The maximum Gasteiger partial charge on any atom is 0.416 e. The van der Waals surface area contributed by atoms with E-state index in [0.717, 1.165) is 17.8 Å². The number of halogens is 3. The maximum absolute atomic E-state index is 12.7. The average molecular weight is 292 g/mol. The number of nitrogens with one attached hydrogen (secondary N) is 1. The van der Waals surface area contributed by atoms with E-state index in [4.69, 9.17) is 0 Å². The molecule has 2 aromatic heterocycles. The van der Waals surface area contributed by atoms with Crippen LogP contribution in [0.25, 0.3) is 5.65 Å². The van der Waals surface area contributed by atoms with Crippen molar-refractivity contribution in [3.05, 3.63) is 75.8 Å². The van der Waals surface area contributed by atoms with Gasteiger partial charge in [-0.25, -0.2) is 0 Å². The zero-order valence-corrected chi connectivity index (χ0v) is 10.8. The molecule has 0 fully saturated rings. The zero-order chi connectivity index (χ0) is 15.0. The first-order valence-corrected chi connectivity index (χ1v) is 6.28. The molecule has 3 aromatic rings. The minimum absolute atomic E-state index is 0.123. The fourth-order valence-corrected chi connectivity index (χ4v) is 2.24. The summed E-state index contributed by atoms with van der Waals surface area (Å²) in [6, 6.07) is 8.08. The number of hydrogen-bond donors (Lipinski definition) is 1. The Morgan fingerprint density at radius 3 is 2.71 bits per heavy atom. The molecule has 0 aliphatic carbocycles. The maximum atomic E-state index is 12.7. The Hall–Kier alpha value is -2.50. The Bertz CT molecular complexity index is 846. The Morgan fingerprint density at radius 2 is 1.95 bits per heavy atom. The second-order valence-corrected chi connectivity index (χ2v) is 4.81. The summed E-state index contributed by atoms with van der Waals surface area (Å²) < 4.78 is 39.7. The van der Waals surface area contributed by atoms with Gasteiger partial charge in [-0.1, -0.05) is 18.2 Å². The van der Waals surface area contributed by atoms with E-state index >= 15 is 0 Å². The first-order chi connectivity index (χ1) is 9.91. The van der Waals surface area contributed by atoms with Crippen molar-refractivity contribution in [2.45, 2.75) is 12.6 Å². The standard InChI is InChI=1S/C15H11F3N2O/c16-15(17,18)11-3-1-2-10(6-11)7-12-9-20-5-4-13(21)8-14(20)19-12/h1-6,8-9,19H,7H2. The van der Waals surface area contributed by atoms with Gasteiger partial charge in [0.1, 0.15) is 5.65 Å². The number of fused-ring (bicyclic) bond motifs is 1. The van der Waals surface area contributed by atoms with Crippen LogP contribution in [0.2, 0.25) is 0 Å². The third-order valence-corrected chi connectivity index (χ3v) is 3.19. The van der Waals surface area contributed by atoms with Crippen LogP contribution in [0.4, 0.5) is 13.2 Å². The van der Waals surface area contributed by atoms with Gasteiger partial charge < -0.3 is 9.38 Å². The van der Waals surface area contributed by atoms with E-state index in [0.29, 0.717) is 17.6 Å². The lowest BCUT2D eigenvalue weighted by Gasteiger charge is -2.08. The monoisotopic (exact) mass is 292 g/mol. The molecule has 0 saturated heterocycles. The van der Waals surface area contributed by atoms with Crippen molar-refractivity contribution in [2.24, 2.45) is 0 Å². The number of nitrogens with zero attached hydrogens (tertiary/aromatic N) is 1. The molecule has 0 bridgehead atoms. The van der Waals surface area contributed by atoms with Crippen LogP contribution in [0.3, 0.4) is 0 Å². The molecule has 2 heterocycles. The minimum atomic E-state index is -4.34. The molecule has 3 rings (SSSR count). The molecule has 1 aromatic carbocycles. The quantitative estimate of drug-likeness (QED) is 0.773. The van der Waals surface area contributed by atoms with Crippen LogP contribution in [0.1, 0.15) is 16.8 Å². The Labute approximate surface area is 117 Å². The minimum Gasteiger partial charge on any atom is -0.343 e. The van der Waals surface area contributed by atoms with Crippen LogP contribution >= 0.6 is 0 Å².